The van der Waals surface area contributed by atoms with Crippen LogP contribution in [-0.2, 0) is 16.3 Å². The molecule has 1 aromatic carbocycles. The van der Waals surface area contributed by atoms with Crippen molar-refractivity contribution in [2.45, 2.75) is 25.0 Å². The largest absolute Gasteiger partial charge is 0.356 e. The van der Waals surface area contributed by atoms with Crippen LogP contribution >= 0.6 is 0 Å². The van der Waals surface area contributed by atoms with Crippen molar-refractivity contribution in [1.29, 1.82) is 0 Å². The van der Waals surface area contributed by atoms with Gasteiger partial charge in [0.05, 0.1) is 15.4 Å². The third kappa shape index (κ3) is 4.47. The Labute approximate surface area is 148 Å². The summed E-state index contributed by atoms with van der Waals surface area (Å²) in [5, 5.41) is 13.9. The average Bonchev–Trinajstić information content (AvgIpc) is 2.55. The average molecular weight is 368 g/mol. The van der Waals surface area contributed by atoms with Crippen molar-refractivity contribution >= 4 is 21.5 Å². The number of nitro benzene ring substituents is 1. The van der Waals surface area contributed by atoms with Crippen LogP contribution in [0.25, 0.3) is 0 Å². The number of guanidine groups is 1. The van der Waals surface area contributed by atoms with Crippen LogP contribution < -0.4 is 5.32 Å². The van der Waals surface area contributed by atoms with Crippen molar-refractivity contribution in [3.8, 4) is 0 Å². The smallest absolute Gasteiger partial charge is 0.269 e. The molecular weight excluding hydrogens is 344 g/mol. The van der Waals surface area contributed by atoms with Gasteiger partial charge in [0, 0.05) is 38.8 Å². The number of sulfone groups is 1. The number of non-ortho nitro benzene ring substituents is 1. The van der Waals surface area contributed by atoms with Gasteiger partial charge in [0.1, 0.15) is 0 Å². The second-order valence-electron chi connectivity index (χ2n) is 6.65. The summed E-state index contributed by atoms with van der Waals surface area (Å²) in [5.74, 6) is 0.785. The van der Waals surface area contributed by atoms with Crippen molar-refractivity contribution in [2.24, 2.45) is 4.99 Å². The predicted octanol–water partition coefficient (Wildman–Crippen LogP) is 1.22. The van der Waals surface area contributed by atoms with E-state index >= 15 is 0 Å². The van der Waals surface area contributed by atoms with E-state index in [2.05, 4.69) is 10.3 Å². The third-order valence-electron chi connectivity index (χ3n) is 4.40. The Kier molecular flexibility index (Phi) is 5.66. The number of hydrogen-bond donors (Lipinski definition) is 1. The van der Waals surface area contributed by atoms with Gasteiger partial charge in [-0.25, -0.2) is 8.42 Å². The van der Waals surface area contributed by atoms with Gasteiger partial charge in [-0.1, -0.05) is 12.1 Å². The van der Waals surface area contributed by atoms with Crippen molar-refractivity contribution in [3.05, 3.63) is 39.9 Å². The number of nitro groups is 1. The zero-order valence-electron chi connectivity index (χ0n) is 14.7. The molecule has 9 heteroatoms. The van der Waals surface area contributed by atoms with Crippen LogP contribution in [0, 0.1) is 10.1 Å². The Balaban J connectivity index is 1.92. The number of aliphatic imine (C=N–C) groups is 1. The van der Waals surface area contributed by atoms with Crippen molar-refractivity contribution in [2.75, 3.05) is 32.4 Å². The highest BCUT2D eigenvalue weighted by Crippen LogP contribution is 2.23. The van der Waals surface area contributed by atoms with Crippen molar-refractivity contribution in [1.82, 2.24) is 10.2 Å². The molecule has 1 aromatic rings. The molecule has 0 radical (unpaired) electrons. The van der Waals surface area contributed by atoms with Crippen LogP contribution in [0.15, 0.2) is 29.3 Å². The van der Waals surface area contributed by atoms with Crippen LogP contribution in [0.4, 0.5) is 5.69 Å². The lowest BCUT2D eigenvalue weighted by molar-refractivity contribution is -0.384. The molecule has 0 bridgehead atoms. The van der Waals surface area contributed by atoms with E-state index in [0.717, 1.165) is 5.56 Å². The molecule has 0 aliphatic carbocycles. The van der Waals surface area contributed by atoms with Gasteiger partial charge in [-0.2, -0.15) is 0 Å². The highest BCUT2D eigenvalue weighted by Gasteiger charge is 2.40. The van der Waals surface area contributed by atoms with Gasteiger partial charge in [-0.3, -0.25) is 15.1 Å². The third-order valence-corrected chi connectivity index (χ3v) is 6.93. The zero-order chi connectivity index (χ0) is 18.7. The van der Waals surface area contributed by atoms with E-state index in [1.165, 1.54) is 12.1 Å². The molecule has 0 unspecified atom stereocenters. The quantitative estimate of drug-likeness (QED) is 0.371. The first-order valence-electron chi connectivity index (χ1n) is 8.07. The SMILES string of the molecule is CN=C(NCCc1ccc([N+](=O)[O-])cc1)N1CCS(=O)(=O)C(C)(C)C1. The Morgan fingerprint density at radius 2 is 2.00 bits per heavy atom. The molecular formula is C16H24N4O4S. The van der Waals surface area contributed by atoms with Gasteiger partial charge in [-0.05, 0) is 25.8 Å². The highest BCUT2D eigenvalue weighted by atomic mass is 32.2. The van der Waals surface area contributed by atoms with Gasteiger partial charge < -0.3 is 10.2 Å². The van der Waals surface area contributed by atoms with Gasteiger partial charge in [0.2, 0.25) is 0 Å². The lowest BCUT2D eigenvalue weighted by Gasteiger charge is -2.39. The molecule has 1 N–H and O–H groups in total. The Bertz CT molecular complexity index is 757. The molecule has 0 aromatic heterocycles. The predicted molar refractivity (Wildman–Crippen MR) is 97.6 cm³/mol. The Hall–Kier alpha value is -2.16. The first-order chi connectivity index (χ1) is 11.7. The maximum Gasteiger partial charge on any atom is 0.269 e. The standard InChI is InChI=1S/C16H24N4O4S/c1-16(2)12-19(10-11-25(16,23)24)15(17-3)18-9-8-13-4-6-14(7-5-13)20(21)22/h4-7H,8-12H2,1-3H3,(H,17,18). The number of hydrogen-bond acceptors (Lipinski definition) is 5. The number of nitrogens with zero attached hydrogens (tertiary/aromatic N) is 3. The van der Waals surface area contributed by atoms with E-state index in [0.29, 0.717) is 32.0 Å². The maximum atomic E-state index is 12.1. The molecule has 0 saturated carbocycles. The number of rotatable bonds is 4. The fourth-order valence-electron chi connectivity index (χ4n) is 2.76. The summed E-state index contributed by atoms with van der Waals surface area (Å²) in [6.45, 7) is 4.89. The molecule has 0 amide bonds. The second kappa shape index (κ2) is 7.38. The molecule has 1 aliphatic heterocycles. The van der Waals surface area contributed by atoms with Crippen molar-refractivity contribution in [3.63, 3.8) is 0 Å². The summed E-state index contributed by atoms with van der Waals surface area (Å²) < 4.78 is 23.4. The Morgan fingerprint density at radius 3 is 2.52 bits per heavy atom. The van der Waals surface area contributed by atoms with Crippen LogP contribution in [0.5, 0.6) is 0 Å². The van der Waals surface area contributed by atoms with E-state index in [1.54, 1.807) is 33.0 Å². The lowest BCUT2D eigenvalue weighted by Crippen LogP contribution is -2.57. The Morgan fingerprint density at radius 1 is 1.36 bits per heavy atom. The summed E-state index contributed by atoms with van der Waals surface area (Å²) in [4.78, 5) is 16.4. The molecule has 1 fully saturated rings. The molecule has 1 aliphatic rings. The summed E-state index contributed by atoms with van der Waals surface area (Å²) in [7, 11) is -1.42. The maximum absolute atomic E-state index is 12.1. The molecule has 25 heavy (non-hydrogen) atoms. The van der Waals surface area contributed by atoms with E-state index in [4.69, 9.17) is 0 Å². The minimum atomic E-state index is -3.09. The van der Waals surface area contributed by atoms with E-state index in [-0.39, 0.29) is 11.4 Å². The van der Waals surface area contributed by atoms with Crippen molar-refractivity contribution < 1.29 is 13.3 Å². The van der Waals surface area contributed by atoms with Crippen LogP contribution in [0.3, 0.4) is 0 Å². The first kappa shape index (κ1) is 19.2. The summed E-state index contributed by atoms with van der Waals surface area (Å²) in [5.41, 5.74) is 1.05. The molecule has 1 heterocycles. The first-order valence-corrected chi connectivity index (χ1v) is 9.73. The second-order valence-corrected chi connectivity index (χ2v) is 9.39. The summed E-state index contributed by atoms with van der Waals surface area (Å²) >= 11 is 0. The van der Waals surface area contributed by atoms with E-state index < -0.39 is 19.5 Å². The number of nitrogens with one attached hydrogen (secondary N) is 1. The topological polar surface area (TPSA) is 105 Å². The highest BCUT2D eigenvalue weighted by molar-refractivity contribution is 7.92. The molecule has 8 nitrogen and oxygen atoms in total. The molecule has 138 valence electrons. The lowest BCUT2D eigenvalue weighted by atomic mass is 10.1. The van der Waals surface area contributed by atoms with Crippen LogP contribution in [0.1, 0.15) is 19.4 Å². The fraction of sp³-hybridized carbons (Fsp3) is 0.562. The van der Waals surface area contributed by atoms with Crippen LogP contribution in [-0.4, -0.2) is 61.4 Å². The molecule has 0 spiro atoms. The monoisotopic (exact) mass is 368 g/mol. The van der Waals surface area contributed by atoms with E-state index in [1.807, 2.05) is 4.90 Å². The molecule has 2 rings (SSSR count). The van der Waals surface area contributed by atoms with Gasteiger partial charge in [0.25, 0.3) is 5.69 Å². The van der Waals surface area contributed by atoms with Gasteiger partial charge in [-0.15, -0.1) is 0 Å². The van der Waals surface area contributed by atoms with Crippen LogP contribution in [0.2, 0.25) is 0 Å². The summed E-state index contributed by atoms with van der Waals surface area (Å²) in [6.07, 6.45) is 0.687. The fourth-order valence-corrected chi connectivity index (χ4v) is 4.13. The molecule has 0 atom stereocenters. The normalized spacial score (nSPS) is 19.5. The van der Waals surface area contributed by atoms with Gasteiger partial charge in [0.15, 0.2) is 15.8 Å². The summed E-state index contributed by atoms with van der Waals surface area (Å²) in [6, 6.07) is 6.45. The minimum absolute atomic E-state index is 0.0734. The number of benzene rings is 1. The van der Waals surface area contributed by atoms with E-state index in [9.17, 15) is 18.5 Å². The molecule has 1 saturated heterocycles. The minimum Gasteiger partial charge on any atom is -0.356 e. The zero-order valence-corrected chi connectivity index (χ0v) is 15.5. The van der Waals surface area contributed by atoms with Gasteiger partial charge >= 0.3 is 0 Å².